The molecule has 3 heterocycles. The van der Waals surface area contributed by atoms with E-state index in [9.17, 15) is 4.79 Å². The maximum atomic E-state index is 13.2. The van der Waals surface area contributed by atoms with Gasteiger partial charge in [0.05, 0.1) is 6.54 Å². The summed E-state index contributed by atoms with van der Waals surface area (Å²) in [5.41, 5.74) is 0.363. The first-order valence-electron chi connectivity index (χ1n) is 11.6. The third-order valence-corrected chi connectivity index (χ3v) is 8.56. The van der Waals surface area contributed by atoms with Gasteiger partial charge in [0.2, 0.25) is 5.91 Å². The molecular weight excluding hydrogens is 386 g/mol. The fraction of sp³-hybridized carbons (Fsp3) is 0.864. The Hall–Kier alpha value is -1.14. The molecule has 1 N–H and O–H groups in total. The maximum absolute atomic E-state index is 13.2. The topological polar surface area (TPSA) is 63.1 Å². The van der Waals surface area contributed by atoms with Crippen molar-refractivity contribution in [2.24, 2.45) is 23.2 Å². The number of likely N-dealkylation sites (tertiary alicyclic amines) is 1. The van der Waals surface area contributed by atoms with Crippen molar-refractivity contribution in [3.8, 4) is 0 Å². The molecule has 6 nitrogen and oxygen atoms in total. The number of aromatic nitrogens is 3. The lowest BCUT2D eigenvalue weighted by molar-refractivity contribution is -0.140. The number of halogens is 1. The Bertz CT molecular complexity index is 734. The number of hydrogen-bond donors (Lipinski definition) is 1. The minimum absolute atomic E-state index is 0. The Labute approximate surface area is 179 Å². The van der Waals surface area contributed by atoms with E-state index in [4.69, 9.17) is 0 Å². The first-order chi connectivity index (χ1) is 13.7. The van der Waals surface area contributed by atoms with Gasteiger partial charge in [-0.05, 0) is 74.5 Å². The molecule has 7 heteroatoms. The number of carbonyl (C=O) groups is 1. The molecular formula is C22H34ClN5O. The number of fused-ring (bicyclic) bond motifs is 1. The summed E-state index contributed by atoms with van der Waals surface area (Å²) in [6, 6.07) is 0. The highest BCUT2D eigenvalue weighted by atomic mass is 35.5. The molecule has 1 saturated heterocycles. The molecule has 5 fully saturated rings. The molecule has 0 atom stereocenters. The van der Waals surface area contributed by atoms with Gasteiger partial charge >= 0.3 is 0 Å². The summed E-state index contributed by atoms with van der Waals surface area (Å²) in [5.74, 6) is 5.91. The second-order valence-electron chi connectivity index (χ2n) is 10.6. The Morgan fingerprint density at radius 2 is 1.66 bits per heavy atom. The summed E-state index contributed by atoms with van der Waals surface area (Å²) >= 11 is 0. The zero-order chi connectivity index (χ0) is 18.7. The second-order valence-corrected chi connectivity index (χ2v) is 10.6. The van der Waals surface area contributed by atoms with Gasteiger partial charge in [-0.1, -0.05) is 0 Å². The number of carbonyl (C=O) groups excluding carboxylic acids is 1. The maximum Gasteiger partial charge on any atom is 0.223 e. The van der Waals surface area contributed by atoms with Gasteiger partial charge in [0.15, 0.2) is 0 Å². The van der Waals surface area contributed by atoms with Crippen LogP contribution in [0.15, 0.2) is 0 Å². The van der Waals surface area contributed by atoms with Crippen LogP contribution in [0.1, 0.15) is 75.4 Å². The van der Waals surface area contributed by atoms with E-state index in [1.54, 1.807) is 0 Å². The summed E-state index contributed by atoms with van der Waals surface area (Å²) in [6.07, 6.45) is 11.3. The van der Waals surface area contributed by atoms with Crippen LogP contribution in [-0.4, -0.2) is 45.2 Å². The van der Waals surface area contributed by atoms with Gasteiger partial charge < -0.3 is 14.8 Å². The average Bonchev–Trinajstić information content (AvgIpc) is 3.11. The van der Waals surface area contributed by atoms with Crippen molar-refractivity contribution in [2.75, 3.05) is 19.6 Å². The second kappa shape index (κ2) is 7.52. The van der Waals surface area contributed by atoms with Crippen LogP contribution in [0, 0.1) is 23.2 Å². The van der Waals surface area contributed by atoms with E-state index < -0.39 is 0 Å². The molecule has 4 saturated carbocycles. The molecule has 4 aliphatic carbocycles. The minimum atomic E-state index is 0. The lowest BCUT2D eigenvalue weighted by atomic mass is 9.49. The van der Waals surface area contributed by atoms with Crippen molar-refractivity contribution in [2.45, 2.75) is 76.8 Å². The van der Waals surface area contributed by atoms with E-state index in [2.05, 4.69) is 25.0 Å². The van der Waals surface area contributed by atoms with Crippen LogP contribution < -0.4 is 5.32 Å². The number of nitrogens with one attached hydrogen (secondary N) is 1. The van der Waals surface area contributed by atoms with Gasteiger partial charge in [-0.25, -0.2) is 0 Å². The van der Waals surface area contributed by atoms with Crippen molar-refractivity contribution < 1.29 is 4.79 Å². The molecule has 4 bridgehead atoms. The van der Waals surface area contributed by atoms with Crippen molar-refractivity contribution in [1.82, 2.24) is 25.0 Å². The smallest absolute Gasteiger partial charge is 0.223 e. The zero-order valence-electron chi connectivity index (χ0n) is 17.3. The Morgan fingerprint density at radius 1 is 1.00 bits per heavy atom. The molecule has 160 valence electrons. The van der Waals surface area contributed by atoms with Crippen LogP contribution >= 0.6 is 12.4 Å². The van der Waals surface area contributed by atoms with E-state index in [0.29, 0.717) is 17.2 Å². The number of amides is 1. The first-order valence-corrected chi connectivity index (χ1v) is 11.6. The fourth-order valence-corrected chi connectivity index (χ4v) is 7.74. The van der Waals surface area contributed by atoms with Gasteiger partial charge in [0.1, 0.15) is 11.6 Å². The van der Waals surface area contributed by atoms with Crippen LogP contribution in [-0.2, 0) is 17.9 Å². The van der Waals surface area contributed by atoms with Gasteiger partial charge in [-0.2, -0.15) is 0 Å². The highest BCUT2D eigenvalue weighted by Crippen LogP contribution is 2.61. The van der Waals surface area contributed by atoms with Crippen LogP contribution in [0.2, 0.25) is 0 Å². The number of rotatable bonds is 3. The molecule has 0 aromatic carbocycles. The predicted molar refractivity (Wildman–Crippen MR) is 113 cm³/mol. The minimum Gasteiger partial charge on any atom is -0.343 e. The third kappa shape index (κ3) is 3.50. The molecule has 6 aliphatic rings. The molecule has 1 aromatic heterocycles. The quantitative estimate of drug-likeness (QED) is 0.817. The largest absolute Gasteiger partial charge is 0.343 e. The highest BCUT2D eigenvalue weighted by Gasteiger charge is 2.51. The monoisotopic (exact) mass is 419 g/mol. The summed E-state index contributed by atoms with van der Waals surface area (Å²) in [5, 5.41) is 12.3. The van der Waals surface area contributed by atoms with Gasteiger partial charge in [-0.15, -0.1) is 22.6 Å². The van der Waals surface area contributed by atoms with Crippen molar-refractivity contribution in [1.29, 1.82) is 0 Å². The molecule has 1 amide bonds. The summed E-state index contributed by atoms with van der Waals surface area (Å²) in [6.45, 7) is 4.60. The summed E-state index contributed by atoms with van der Waals surface area (Å²) in [4.78, 5) is 15.4. The lowest BCUT2D eigenvalue weighted by Crippen LogP contribution is -2.49. The lowest BCUT2D eigenvalue weighted by Gasteiger charge is -2.57. The van der Waals surface area contributed by atoms with E-state index in [-0.39, 0.29) is 12.4 Å². The van der Waals surface area contributed by atoms with Gasteiger partial charge in [0, 0.05) is 38.5 Å². The zero-order valence-corrected chi connectivity index (χ0v) is 18.1. The Kier molecular flexibility index (Phi) is 5.14. The SMILES string of the molecule is Cl.O=C(CC12CC3CC(CC(C3)C1)C2)N1CCC(c2nnc3n2CCNC3)CC1. The average molecular weight is 420 g/mol. The van der Waals surface area contributed by atoms with E-state index in [1.807, 2.05) is 0 Å². The predicted octanol–water partition coefficient (Wildman–Crippen LogP) is 3.12. The van der Waals surface area contributed by atoms with E-state index in [0.717, 1.165) is 81.4 Å². The highest BCUT2D eigenvalue weighted by molar-refractivity contribution is 5.85. The molecule has 0 radical (unpaired) electrons. The number of hydrogen-bond acceptors (Lipinski definition) is 4. The molecule has 0 spiro atoms. The Balaban J connectivity index is 0.00000181. The molecule has 1 aromatic rings. The normalized spacial score (nSPS) is 36.0. The van der Waals surface area contributed by atoms with Crippen molar-refractivity contribution >= 4 is 18.3 Å². The summed E-state index contributed by atoms with van der Waals surface area (Å²) in [7, 11) is 0. The molecule has 7 rings (SSSR count). The molecule has 2 aliphatic heterocycles. The Morgan fingerprint density at radius 3 is 2.31 bits per heavy atom. The van der Waals surface area contributed by atoms with E-state index >= 15 is 0 Å². The van der Waals surface area contributed by atoms with Crippen LogP contribution in [0.3, 0.4) is 0 Å². The van der Waals surface area contributed by atoms with Crippen LogP contribution in [0.5, 0.6) is 0 Å². The fourth-order valence-electron chi connectivity index (χ4n) is 7.74. The van der Waals surface area contributed by atoms with Crippen molar-refractivity contribution in [3.63, 3.8) is 0 Å². The molecule has 29 heavy (non-hydrogen) atoms. The van der Waals surface area contributed by atoms with Crippen LogP contribution in [0.25, 0.3) is 0 Å². The standard InChI is InChI=1S/C22H33N5O.ClH/c28-20(13-22-10-15-7-16(11-22)9-17(8-15)12-22)26-4-1-18(2-5-26)21-25-24-19-14-23-3-6-27(19)21;/h15-18,23H,1-14H2;1H. The third-order valence-electron chi connectivity index (χ3n) is 8.56. The van der Waals surface area contributed by atoms with E-state index in [1.165, 1.54) is 38.5 Å². The molecule has 0 unspecified atom stereocenters. The van der Waals surface area contributed by atoms with Gasteiger partial charge in [0.25, 0.3) is 0 Å². The number of piperidine rings is 1. The first kappa shape index (κ1) is 19.8. The van der Waals surface area contributed by atoms with Crippen molar-refractivity contribution in [3.05, 3.63) is 11.6 Å². The number of nitrogens with zero attached hydrogens (tertiary/aromatic N) is 4. The summed E-state index contributed by atoms with van der Waals surface area (Å²) < 4.78 is 2.31. The van der Waals surface area contributed by atoms with Gasteiger partial charge in [-0.3, -0.25) is 4.79 Å². The van der Waals surface area contributed by atoms with Crippen LogP contribution in [0.4, 0.5) is 0 Å².